The molecule has 2 heteroatoms. The van der Waals surface area contributed by atoms with Crippen molar-refractivity contribution >= 4 is 11.5 Å². The van der Waals surface area contributed by atoms with Crippen LogP contribution in [0.5, 0.6) is 0 Å². The summed E-state index contributed by atoms with van der Waals surface area (Å²) >= 11 is 0. The summed E-state index contributed by atoms with van der Waals surface area (Å²) in [6, 6.07) is 8.19. The van der Waals surface area contributed by atoms with Crippen molar-refractivity contribution in [2.45, 2.75) is 41.0 Å². The number of amides is 1. The highest BCUT2D eigenvalue weighted by Gasteiger charge is 2.13. The lowest BCUT2D eigenvalue weighted by atomic mass is 9.92. The monoisotopic (exact) mass is 247 g/mol. The van der Waals surface area contributed by atoms with E-state index < -0.39 is 0 Å². The van der Waals surface area contributed by atoms with Gasteiger partial charge in [0.2, 0.25) is 5.91 Å². The van der Waals surface area contributed by atoms with Gasteiger partial charge in [-0.1, -0.05) is 51.1 Å². The number of nitrogens with two attached hydrogens (primary N) is 1. The van der Waals surface area contributed by atoms with E-state index in [-0.39, 0.29) is 11.8 Å². The largest absolute Gasteiger partial charge is 0.369 e. The third-order valence-corrected chi connectivity index (χ3v) is 2.85. The Kier molecular flexibility index (Phi) is 7.77. The van der Waals surface area contributed by atoms with E-state index in [1.165, 1.54) is 16.7 Å². The number of rotatable bonds is 4. The zero-order valence-electron chi connectivity index (χ0n) is 12.2. The van der Waals surface area contributed by atoms with Gasteiger partial charge in [-0.2, -0.15) is 0 Å². The van der Waals surface area contributed by atoms with Gasteiger partial charge in [-0.3, -0.25) is 4.79 Å². The van der Waals surface area contributed by atoms with Crippen molar-refractivity contribution in [1.29, 1.82) is 0 Å². The fourth-order valence-corrected chi connectivity index (χ4v) is 1.75. The van der Waals surface area contributed by atoms with E-state index >= 15 is 0 Å². The van der Waals surface area contributed by atoms with Crippen molar-refractivity contribution in [3.63, 3.8) is 0 Å². The van der Waals surface area contributed by atoms with Crippen LogP contribution in [-0.2, 0) is 4.79 Å². The summed E-state index contributed by atoms with van der Waals surface area (Å²) in [5, 5.41) is 0. The number of aryl methyl sites for hydroxylation is 1. The zero-order chi connectivity index (χ0) is 14.1. The fourth-order valence-electron chi connectivity index (χ4n) is 1.75. The maximum absolute atomic E-state index is 11.1. The van der Waals surface area contributed by atoms with E-state index in [2.05, 4.69) is 25.1 Å². The molecule has 18 heavy (non-hydrogen) atoms. The Morgan fingerprint density at radius 3 is 2.33 bits per heavy atom. The van der Waals surface area contributed by atoms with Gasteiger partial charge in [-0.25, -0.2) is 0 Å². The number of carbonyl (C=O) groups is 1. The Labute approximate surface area is 111 Å². The van der Waals surface area contributed by atoms with Crippen molar-refractivity contribution < 1.29 is 4.79 Å². The summed E-state index contributed by atoms with van der Waals surface area (Å²) in [5.41, 5.74) is 8.91. The van der Waals surface area contributed by atoms with Gasteiger partial charge in [-0.15, -0.1) is 0 Å². The number of allylic oxidation sites excluding steroid dienone is 2. The summed E-state index contributed by atoms with van der Waals surface area (Å²) in [7, 11) is 0. The van der Waals surface area contributed by atoms with E-state index in [1.54, 1.807) is 0 Å². The predicted octanol–water partition coefficient (Wildman–Crippen LogP) is 3.94. The summed E-state index contributed by atoms with van der Waals surface area (Å²) in [4.78, 5) is 11.1. The van der Waals surface area contributed by atoms with Crippen LogP contribution in [0.2, 0.25) is 0 Å². The van der Waals surface area contributed by atoms with Gasteiger partial charge in [-0.05, 0) is 37.0 Å². The first kappa shape index (κ1) is 16.4. The minimum absolute atomic E-state index is 0.120. The minimum Gasteiger partial charge on any atom is -0.369 e. The molecule has 0 saturated heterocycles. The molecule has 0 spiro atoms. The fraction of sp³-hybridized carbons (Fsp3) is 0.438. The number of hydrogen-bond acceptors (Lipinski definition) is 1. The van der Waals surface area contributed by atoms with Crippen LogP contribution in [0.25, 0.3) is 5.57 Å². The highest BCUT2D eigenvalue weighted by molar-refractivity contribution is 5.79. The average Bonchev–Trinajstić information content (AvgIpc) is 2.39. The minimum atomic E-state index is -0.243. The molecule has 2 N–H and O–H groups in total. The van der Waals surface area contributed by atoms with Crippen LogP contribution in [0, 0.1) is 12.8 Å². The number of carbonyl (C=O) groups excluding carboxylic acids is 1. The third-order valence-electron chi connectivity index (χ3n) is 2.85. The molecular formula is C16H25NO. The van der Waals surface area contributed by atoms with Crippen LogP contribution in [0.15, 0.2) is 30.3 Å². The lowest BCUT2D eigenvalue weighted by molar-refractivity contribution is -0.121. The molecule has 0 aliphatic rings. The van der Waals surface area contributed by atoms with E-state index in [9.17, 15) is 4.79 Å². The maximum atomic E-state index is 11.1. The van der Waals surface area contributed by atoms with Crippen LogP contribution < -0.4 is 5.73 Å². The van der Waals surface area contributed by atoms with Gasteiger partial charge < -0.3 is 5.73 Å². The molecule has 0 fully saturated rings. The van der Waals surface area contributed by atoms with Crippen LogP contribution in [0.1, 0.15) is 45.2 Å². The molecule has 1 aromatic carbocycles. The van der Waals surface area contributed by atoms with E-state index in [0.717, 1.165) is 0 Å². The molecule has 2 nitrogen and oxygen atoms in total. The Hall–Kier alpha value is -1.57. The molecule has 1 unspecified atom stereocenters. The first-order chi connectivity index (χ1) is 8.56. The van der Waals surface area contributed by atoms with Crippen LogP contribution in [-0.4, -0.2) is 5.91 Å². The summed E-state index contributed by atoms with van der Waals surface area (Å²) in [6.45, 7) is 9.94. The molecule has 0 aliphatic carbocycles. The molecule has 0 heterocycles. The van der Waals surface area contributed by atoms with Gasteiger partial charge in [0.15, 0.2) is 0 Å². The Balaban J connectivity index is 0.00000137. The summed E-state index contributed by atoms with van der Waals surface area (Å²) in [6.07, 6.45) is 2.76. The SMILES string of the molecule is C/C=C(/CC(C)C(N)=O)c1ccccc1C.CC. The standard InChI is InChI=1S/C14H19NO.C2H6/c1-4-12(9-11(3)14(15)16)13-8-6-5-7-10(13)2;1-2/h4-8,11H,9H2,1-3H3,(H2,15,16);1-2H3/b12-4-;. The Morgan fingerprint density at radius 1 is 1.33 bits per heavy atom. The second kappa shape index (κ2) is 8.51. The van der Waals surface area contributed by atoms with Gasteiger partial charge >= 0.3 is 0 Å². The first-order valence-electron chi connectivity index (χ1n) is 6.56. The van der Waals surface area contributed by atoms with E-state index in [1.807, 2.05) is 39.8 Å². The second-order valence-electron chi connectivity index (χ2n) is 4.14. The summed E-state index contributed by atoms with van der Waals surface area (Å²) in [5.74, 6) is -0.362. The molecule has 0 bridgehead atoms. The number of benzene rings is 1. The van der Waals surface area contributed by atoms with Crippen LogP contribution in [0.4, 0.5) is 0 Å². The van der Waals surface area contributed by atoms with Gasteiger partial charge in [0, 0.05) is 5.92 Å². The molecular weight excluding hydrogens is 222 g/mol. The van der Waals surface area contributed by atoms with Crippen molar-refractivity contribution in [3.05, 3.63) is 41.5 Å². The third kappa shape index (κ3) is 4.74. The molecule has 100 valence electrons. The normalized spacial score (nSPS) is 12.4. The highest BCUT2D eigenvalue weighted by Crippen LogP contribution is 2.25. The van der Waals surface area contributed by atoms with E-state index in [4.69, 9.17) is 5.73 Å². The summed E-state index contributed by atoms with van der Waals surface area (Å²) < 4.78 is 0. The maximum Gasteiger partial charge on any atom is 0.220 e. The highest BCUT2D eigenvalue weighted by atomic mass is 16.1. The topological polar surface area (TPSA) is 43.1 Å². The Bertz CT molecular complexity index is 407. The molecule has 0 aromatic heterocycles. The molecule has 1 atom stereocenters. The molecule has 1 rings (SSSR count). The molecule has 1 aromatic rings. The molecule has 0 saturated carbocycles. The van der Waals surface area contributed by atoms with Crippen LogP contribution >= 0.6 is 0 Å². The first-order valence-corrected chi connectivity index (χ1v) is 6.56. The Morgan fingerprint density at radius 2 is 1.89 bits per heavy atom. The average molecular weight is 247 g/mol. The van der Waals surface area contributed by atoms with Gasteiger partial charge in [0.05, 0.1) is 0 Å². The zero-order valence-corrected chi connectivity index (χ0v) is 12.2. The quantitative estimate of drug-likeness (QED) is 0.860. The van der Waals surface area contributed by atoms with Gasteiger partial charge in [0.1, 0.15) is 0 Å². The second-order valence-corrected chi connectivity index (χ2v) is 4.14. The lowest BCUT2D eigenvalue weighted by Crippen LogP contribution is -2.20. The smallest absolute Gasteiger partial charge is 0.220 e. The lowest BCUT2D eigenvalue weighted by Gasteiger charge is -2.13. The number of hydrogen-bond donors (Lipinski definition) is 1. The number of primary amides is 1. The van der Waals surface area contributed by atoms with Crippen molar-refractivity contribution in [2.24, 2.45) is 11.7 Å². The van der Waals surface area contributed by atoms with Crippen molar-refractivity contribution in [2.75, 3.05) is 0 Å². The van der Waals surface area contributed by atoms with Gasteiger partial charge in [0.25, 0.3) is 0 Å². The van der Waals surface area contributed by atoms with Crippen LogP contribution in [0.3, 0.4) is 0 Å². The van der Waals surface area contributed by atoms with E-state index in [0.29, 0.717) is 6.42 Å². The van der Waals surface area contributed by atoms with Crippen molar-refractivity contribution in [3.8, 4) is 0 Å². The predicted molar refractivity (Wildman–Crippen MR) is 79.2 cm³/mol. The molecule has 0 aliphatic heterocycles. The molecule has 1 amide bonds. The molecule has 0 radical (unpaired) electrons. The van der Waals surface area contributed by atoms with Crippen molar-refractivity contribution in [1.82, 2.24) is 0 Å².